The van der Waals surface area contributed by atoms with Gasteiger partial charge in [-0.2, -0.15) is 0 Å². The molecule has 3 nitrogen and oxygen atoms in total. The zero-order valence-corrected chi connectivity index (χ0v) is 13.8. The van der Waals surface area contributed by atoms with Crippen LogP contribution in [0.5, 0.6) is 5.75 Å². The van der Waals surface area contributed by atoms with E-state index in [9.17, 15) is 0 Å². The summed E-state index contributed by atoms with van der Waals surface area (Å²) in [5, 5.41) is 4.11. The highest BCUT2D eigenvalue weighted by Gasteiger charge is 2.16. The van der Waals surface area contributed by atoms with Crippen LogP contribution in [-0.4, -0.2) is 25.9 Å². The van der Waals surface area contributed by atoms with Crippen LogP contribution in [0.2, 0.25) is 5.02 Å². The standard InChI is InChI=1S/C17H26ClNO2/c1-13(2)10-19-11-14-6-5-8-16(18)17(14)21-12-15-7-3-4-9-20-15/h5-6,8,13,15,19H,3-4,7,9-12H2,1-2H3. The first kappa shape index (κ1) is 16.6. The van der Waals surface area contributed by atoms with Crippen molar-refractivity contribution < 1.29 is 9.47 Å². The molecule has 0 radical (unpaired) electrons. The molecule has 1 aromatic carbocycles. The average Bonchev–Trinajstić information content (AvgIpc) is 2.47. The number of para-hydroxylation sites is 1. The molecule has 0 aliphatic carbocycles. The summed E-state index contributed by atoms with van der Waals surface area (Å²) in [7, 11) is 0. The molecule has 0 aromatic heterocycles. The summed E-state index contributed by atoms with van der Waals surface area (Å²) in [6.45, 7) is 7.59. The lowest BCUT2D eigenvalue weighted by atomic mass is 10.1. The van der Waals surface area contributed by atoms with E-state index < -0.39 is 0 Å². The predicted octanol–water partition coefficient (Wildman–Crippen LogP) is 4.03. The molecule has 1 saturated heterocycles. The zero-order valence-electron chi connectivity index (χ0n) is 13.0. The van der Waals surface area contributed by atoms with Gasteiger partial charge in [0, 0.05) is 18.7 Å². The summed E-state index contributed by atoms with van der Waals surface area (Å²) in [6, 6.07) is 5.92. The van der Waals surface area contributed by atoms with Gasteiger partial charge in [-0.05, 0) is 37.8 Å². The molecule has 0 saturated carbocycles. The maximum Gasteiger partial charge on any atom is 0.142 e. The van der Waals surface area contributed by atoms with Crippen molar-refractivity contribution in [1.82, 2.24) is 5.32 Å². The maximum absolute atomic E-state index is 6.29. The van der Waals surface area contributed by atoms with Crippen LogP contribution in [0.4, 0.5) is 0 Å². The fourth-order valence-corrected chi connectivity index (χ4v) is 2.71. The van der Waals surface area contributed by atoms with Crippen LogP contribution in [0, 0.1) is 5.92 Å². The topological polar surface area (TPSA) is 30.5 Å². The van der Waals surface area contributed by atoms with E-state index in [4.69, 9.17) is 21.1 Å². The van der Waals surface area contributed by atoms with Crippen LogP contribution in [-0.2, 0) is 11.3 Å². The van der Waals surface area contributed by atoms with Gasteiger partial charge in [0.05, 0.1) is 11.1 Å². The monoisotopic (exact) mass is 311 g/mol. The first-order valence-electron chi connectivity index (χ1n) is 7.89. The highest BCUT2D eigenvalue weighted by atomic mass is 35.5. The van der Waals surface area contributed by atoms with E-state index in [0.717, 1.165) is 43.9 Å². The molecule has 1 aliphatic heterocycles. The van der Waals surface area contributed by atoms with Crippen molar-refractivity contribution in [2.24, 2.45) is 5.92 Å². The average molecular weight is 312 g/mol. The van der Waals surface area contributed by atoms with E-state index in [0.29, 0.717) is 17.5 Å². The van der Waals surface area contributed by atoms with Crippen molar-refractivity contribution in [3.63, 3.8) is 0 Å². The van der Waals surface area contributed by atoms with E-state index in [2.05, 4.69) is 25.2 Å². The number of benzene rings is 1. The van der Waals surface area contributed by atoms with E-state index >= 15 is 0 Å². The molecule has 0 bridgehead atoms. The van der Waals surface area contributed by atoms with E-state index in [1.807, 2.05) is 12.1 Å². The van der Waals surface area contributed by atoms with Crippen LogP contribution >= 0.6 is 11.6 Å². The van der Waals surface area contributed by atoms with Gasteiger partial charge in [0.2, 0.25) is 0 Å². The Morgan fingerprint density at radius 1 is 1.38 bits per heavy atom. The van der Waals surface area contributed by atoms with Gasteiger partial charge in [-0.25, -0.2) is 0 Å². The van der Waals surface area contributed by atoms with E-state index in [-0.39, 0.29) is 6.10 Å². The van der Waals surface area contributed by atoms with Crippen molar-refractivity contribution in [2.45, 2.75) is 45.8 Å². The quantitative estimate of drug-likeness (QED) is 0.824. The van der Waals surface area contributed by atoms with Gasteiger partial charge in [-0.3, -0.25) is 0 Å². The van der Waals surface area contributed by atoms with Gasteiger partial charge in [0.25, 0.3) is 0 Å². The van der Waals surface area contributed by atoms with Crippen molar-refractivity contribution in [3.8, 4) is 5.75 Å². The summed E-state index contributed by atoms with van der Waals surface area (Å²) >= 11 is 6.29. The van der Waals surface area contributed by atoms with E-state index in [1.165, 1.54) is 6.42 Å². The molecule has 1 atom stereocenters. The molecule has 2 rings (SSSR count). The zero-order chi connectivity index (χ0) is 15.1. The lowest BCUT2D eigenvalue weighted by molar-refractivity contribution is -0.0112. The highest BCUT2D eigenvalue weighted by molar-refractivity contribution is 6.32. The fourth-order valence-electron chi connectivity index (χ4n) is 2.46. The van der Waals surface area contributed by atoms with Crippen LogP contribution in [0.3, 0.4) is 0 Å². The fraction of sp³-hybridized carbons (Fsp3) is 0.647. The number of nitrogens with one attached hydrogen (secondary N) is 1. The Hall–Kier alpha value is -0.770. The van der Waals surface area contributed by atoms with Crippen LogP contribution < -0.4 is 10.1 Å². The molecule has 4 heteroatoms. The van der Waals surface area contributed by atoms with Gasteiger partial charge in [-0.1, -0.05) is 37.6 Å². The Bertz CT molecular complexity index is 431. The van der Waals surface area contributed by atoms with Crippen LogP contribution in [0.15, 0.2) is 18.2 Å². The van der Waals surface area contributed by atoms with Crippen molar-refractivity contribution in [3.05, 3.63) is 28.8 Å². The number of halogens is 1. The van der Waals surface area contributed by atoms with Crippen molar-refractivity contribution in [2.75, 3.05) is 19.8 Å². The largest absolute Gasteiger partial charge is 0.489 e. The number of ether oxygens (including phenoxy) is 2. The lowest BCUT2D eigenvalue weighted by Crippen LogP contribution is -2.26. The number of hydrogen-bond acceptors (Lipinski definition) is 3. The molecule has 0 spiro atoms. The molecule has 118 valence electrons. The lowest BCUT2D eigenvalue weighted by Gasteiger charge is -2.23. The van der Waals surface area contributed by atoms with Gasteiger partial charge >= 0.3 is 0 Å². The van der Waals surface area contributed by atoms with Gasteiger partial charge in [-0.15, -0.1) is 0 Å². The summed E-state index contributed by atoms with van der Waals surface area (Å²) in [6.07, 6.45) is 3.66. The molecule has 1 aliphatic rings. The Kier molecular flexibility index (Phi) is 6.81. The highest BCUT2D eigenvalue weighted by Crippen LogP contribution is 2.29. The molecular formula is C17H26ClNO2. The Morgan fingerprint density at radius 3 is 2.95 bits per heavy atom. The molecule has 21 heavy (non-hydrogen) atoms. The van der Waals surface area contributed by atoms with Crippen molar-refractivity contribution in [1.29, 1.82) is 0 Å². The summed E-state index contributed by atoms with van der Waals surface area (Å²) in [5.74, 6) is 1.42. The first-order valence-corrected chi connectivity index (χ1v) is 8.27. The van der Waals surface area contributed by atoms with Crippen LogP contribution in [0.1, 0.15) is 38.7 Å². The predicted molar refractivity (Wildman–Crippen MR) is 87.1 cm³/mol. The Balaban J connectivity index is 1.92. The van der Waals surface area contributed by atoms with Gasteiger partial charge in [0.1, 0.15) is 12.4 Å². The van der Waals surface area contributed by atoms with Crippen molar-refractivity contribution >= 4 is 11.6 Å². The minimum absolute atomic E-state index is 0.200. The van der Waals surface area contributed by atoms with Gasteiger partial charge in [0.15, 0.2) is 0 Å². The summed E-state index contributed by atoms with van der Waals surface area (Å²) in [4.78, 5) is 0. The molecule has 1 N–H and O–H groups in total. The second-order valence-electron chi connectivity index (χ2n) is 6.05. The molecule has 0 amide bonds. The molecule has 1 aromatic rings. The Morgan fingerprint density at radius 2 is 2.24 bits per heavy atom. The minimum Gasteiger partial charge on any atom is -0.489 e. The van der Waals surface area contributed by atoms with E-state index in [1.54, 1.807) is 0 Å². The normalized spacial score (nSPS) is 19.0. The third kappa shape index (κ3) is 5.50. The molecule has 1 heterocycles. The molecular weight excluding hydrogens is 286 g/mol. The summed E-state index contributed by atoms with van der Waals surface area (Å²) < 4.78 is 11.7. The molecule has 1 fully saturated rings. The number of rotatable bonds is 7. The first-order chi connectivity index (χ1) is 10.2. The second kappa shape index (κ2) is 8.62. The smallest absolute Gasteiger partial charge is 0.142 e. The Labute approximate surface area is 133 Å². The maximum atomic E-state index is 6.29. The minimum atomic E-state index is 0.200. The number of hydrogen-bond donors (Lipinski definition) is 1. The SMILES string of the molecule is CC(C)CNCc1cccc(Cl)c1OCC1CCCCO1. The van der Waals surface area contributed by atoms with Gasteiger partial charge < -0.3 is 14.8 Å². The van der Waals surface area contributed by atoms with Crippen LogP contribution in [0.25, 0.3) is 0 Å². The second-order valence-corrected chi connectivity index (χ2v) is 6.46. The third-order valence-electron chi connectivity index (χ3n) is 3.60. The molecule has 1 unspecified atom stereocenters. The summed E-state index contributed by atoms with van der Waals surface area (Å²) in [5.41, 5.74) is 1.11. The third-order valence-corrected chi connectivity index (χ3v) is 3.90.